The Morgan fingerprint density at radius 1 is 0.228 bits per heavy atom. The molecule has 1 fully saturated rings. The van der Waals surface area contributed by atoms with Crippen LogP contribution in [0.25, 0.3) is 0 Å². The van der Waals surface area contributed by atoms with Gasteiger partial charge in [0.15, 0.2) is 5.75 Å². The first-order valence-corrected chi connectivity index (χ1v) is 39.9. The highest BCUT2D eigenvalue weighted by Crippen LogP contribution is 2.51. The van der Waals surface area contributed by atoms with Gasteiger partial charge in [0.2, 0.25) is 0 Å². The van der Waals surface area contributed by atoms with Gasteiger partial charge in [0.05, 0.1) is 17.1 Å². The molecule has 610 valence electrons. The summed E-state index contributed by atoms with van der Waals surface area (Å²) in [4.78, 5) is 34.5. The van der Waals surface area contributed by atoms with E-state index < -0.39 is 40.8 Å². The third-order valence-electron chi connectivity index (χ3n) is 20.4. The van der Waals surface area contributed by atoms with E-state index in [4.69, 9.17) is 0 Å². The van der Waals surface area contributed by atoms with Gasteiger partial charge in [-0.2, -0.15) is 0 Å². The number of aromatic hydroxyl groups is 7. The number of hydrogen-bond donors (Lipinski definition) is 7. The van der Waals surface area contributed by atoms with Crippen LogP contribution in [-0.2, 0) is 0 Å². The Hall–Kier alpha value is -16.1. The Labute approximate surface area is 714 Å². The molecule has 0 amide bonds. The molecule has 0 spiro atoms. The number of rotatable bonds is 19. The molecule has 17 aromatic carbocycles. The van der Waals surface area contributed by atoms with Crippen molar-refractivity contribution in [1.82, 2.24) is 0 Å². The van der Waals surface area contributed by atoms with Crippen molar-refractivity contribution < 1.29 is 46.0 Å². The first kappa shape index (κ1) is 83.4. The Kier molecular flexibility index (Phi) is 26.8. The zero-order valence-electron chi connectivity index (χ0n) is 67.2. The van der Waals surface area contributed by atoms with E-state index in [9.17, 15) is 55.5 Å². The van der Waals surface area contributed by atoms with E-state index in [1.54, 1.807) is 34.1 Å². The highest BCUT2D eigenvalue weighted by atomic mass is 16.3. The molecule has 0 aliphatic heterocycles. The van der Waals surface area contributed by atoms with Crippen LogP contribution in [0.3, 0.4) is 0 Å². The van der Waals surface area contributed by atoms with Crippen molar-refractivity contribution in [2.45, 2.75) is 38.0 Å². The third-order valence-corrected chi connectivity index (χ3v) is 20.4. The number of aryl methyl sites for hydroxylation is 2. The maximum absolute atomic E-state index is 13.7. The summed E-state index contributed by atoms with van der Waals surface area (Å²) in [6.45, 7) is 4.29. The molecule has 123 heavy (non-hydrogen) atoms. The zero-order valence-corrected chi connectivity index (χ0v) is 67.2. The molecule has 0 saturated heterocycles. The summed E-state index contributed by atoms with van der Waals surface area (Å²) >= 11 is 0. The van der Waals surface area contributed by atoms with Crippen LogP contribution in [0.2, 0.25) is 0 Å². The number of phenols is 6. The summed E-state index contributed by atoms with van der Waals surface area (Å²) in [5.74, 6) is -2.02. The average Bonchev–Trinajstić information content (AvgIpc) is 0.724. The van der Waals surface area contributed by atoms with Gasteiger partial charge in [-0.05, 0) is 189 Å². The van der Waals surface area contributed by atoms with E-state index in [2.05, 4.69) is 85.5 Å². The van der Waals surface area contributed by atoms with E-state index in [-0.39, 0.29) is 45.7 Å². The molecule has 0 radical (unpaired) electrons. The summed E-state index contributed by atoms with van der Waals surface area (Å²) in [6.07, 6.45) is -2.74. The van der Waals surface area contributed by atoms with E-state index in [1.165, 1.54) is 52.5 Å². The Morgan fingerprint density at radius 2 is 0.431 bits per heavy atom. The maximum atomic E-state index is 13.7. The summed E-state index contributed by atoms with van der Waals surface area (Å²) in [5.41, 5.74) is 14.9. The molecule has 0 heterocycles. The number of phenolic OH excluding ortho intramolecular Hbond substituents is 6. The SMILES string of the molecule is Cc1cc(C)cc(N(c2ccccc2)c2ccccc2)c1.O=c1c(O)c(N(c2ccccc2)c2ccccc2)c1=O.Oc1cc(O)cc(N(c2ccccc2)c2ccccc2)c1.Oc1cc(O)cc(N(c2ccccc2)c2ccccc2)c1.[O-]C1C(c2c(O)cc(N(c3ccccc3)c3ccccc3)cc2O)C([O-])C1N(c1ccccc1)c1ccccc1. The van der Waals surface area contributed by atoms with Crippen LogP contribution < -0.4 is 50.5 Å². The topological polar surface area (TPSA) is 241 Å². The number of hydrogen-bond acceptors (Lipinski definition) is 17. The number of anilines is 17. The molecule has 2 unspecified atom stereocenters. The van der Waals surface area contributed by atoms with Gasteiger partial charge in [-0.3, -0.25) is 9.59 Å². The van der Waals surface area contributed by atoms with Gasteiger partial charge in [-0.15, -0.1) is 0 Å². The number of nitrogens with zero attached hydrogens (tertiary/aromatic N) is 6. The van der Waals surface area contributed by atoms with Crippen molar-refractivity contribution in [3.63, 3.8) is 0 Å². The molecule has 18 rings (SSSR count). The normalized spacial score (nSPS) is 13.5. The predicted molar refractivity (Wildman–Crippen MR) is 491 cm³/mol. The molecule has 0 aromatic heterocycles. The lowest BCUT2D eigenvalue weighted by Crippen LogP contribution is -2.73. The second-order valence-corrected chi connectivity index (χ2v) is 29.0. The summed E-state index contributed by atoms with van der Waals surface area (Å²) in [7, 11) is 0. The van der Waals surface area contributed by atoms with Gasteiger partial charge in [-0.25, -0.2) is 0 Å². The quantitative estimate of drug-likeness (QED) is 0.0372. The Morgan fingerprint density at radius 3 is 0.659 bits per heavy atom. The minimum atomic E-state index is -1.37. The molecule has 1 aliphatic rings. The largest absolute Gasteiger partial charge is 0.850 e. The standard InChI is InChI=1S/C34H28N2O4.C20H19N.2C18H15NO2.C16H11NO3/c37-28-21-27(35(23-13-5-1-6-14-23)24-15-7-2-8-16-24)22-29(38)30(28)31-33(39)32(34(31)40)36(25-17-9-3-10-18-25)26-19-11-4-12-20-26;1-16-13-17(2)15-20(14-16)21(18-9-5-3-6-10-18)19-11-7-4-8-12-19;2*20-17-11-16(12-18(21)13-17)19(14-7-3-1-4-8-14)15-9-5-2-6-10-15;18-14-13(15(19)16(14)20)17(11-7-3-1-4-8-11)12-9-5-2-6-10-12/h1-22,31-34,37-38H;3-15H,1-2H3;2*1-13,20-21H;1-10,18H/q-2;;;;. The van der Waals surface area contributed by atoms with Crippen molar-refractivity contribution in [3.8, 4) is 40.2 Å². The molecular weight excluding hydrogens is 1530 g/mol. The van der Waals surface area contributed by atoms with Crippen LogP contribution in [0, 0.1) is 13.8 Å². The maximum Gasteiger partial charge on any atom is 0.271 e. The predicted octanol–water partition coefficient (Wildman–Crippen LogP) is 22.7. The molecule has 1 aliphatic carbocycles. The van der Waals surface area contributed by atoms with Crippen molar-refractivity contribution in [3.05, 3.63) is 468 Å². The second kappa shape index (κ2) is 39.4. The van der Waals surface area contributed by atoms with Crippen molar-refractivity contribution in [2.75, 3.05) is 29.4 Å². The van der Waals surface area contributed by atoms with Crippen LogP contribution in [0.15, 0.2) is 440 Å². The monoisotopic (exact) mass is 1620 g/mol. The molecule has 0 bridgehead atoms. The minimum absolute atomic E-state index is 0.00199. The van der Waals surface area contributed by atoms with Gasteiger partial charge in [0, 0.05) is 134 Å². The first-order valence-electron chi connectivity index (χ1n) is 39.9. The van der Waals surface area contributed by atoms with Crippen molar-refractivity contribution >= 4 is 96.7 Å². The van der Waals surface area contributed by atoms with Crippen molar-refractivity contribution in [1.29, 1.82) is 0 Å². The smallest absolute Gasteiger partial charge is 0.271 e. The van der Waals surface area contributed by atoms with Crippen LogP contribution in [0.1, 0.15) is 22.6 Å². The number of benzene rings is 16. The van der Waals surface area contributed by atoms with E-state index >= 15 is 0 Å². The summed E-state index contributed by atoms with van der Waals surface area (Å²) in [6, 6.07) is 134. The lowest BCUT2D eigenvalue weighted by atomic mass is 9.68. The lowest BCUT2D eigenvalue weighted by Gasteiger charge is -2.64. The molecule has 17 aromatic rings. The lowest BCUT2D eigenvalue weighted by molar-refractivity contribution is -0.532. The van der Waals surface area contributed by atoms with Crippen LogP contribution in [0.4, 0.5) is 96.7 Å². The second-order valence-electron chi connectivity index (χ2n) is 29.0. The number of para-hydroxylation sites is 12. The highest BCUT2D eigenvalue weighted by Gasteiger charge is 2.44. The van der Waals surface area contributed by atoms with Gasteiger partial charge < -0.3 is 75.4 Å². The molecule has 17 heteroatoms. The molecule has 17 nitrogen and oxygen atoms in total. The van der Waals surface area contributed by atoms with E-state index in [1.807, 2.05) is 330 Å². The molecule has 7 N–H and O–H groups in total. The average molecular weight is 1620 g/mol. The first-order chi connectivity index (χ1) is 60.0. The molecule has 2 atom stereocenters. The summed E-state index contributed by atoms with van der Waals surface area (Å²) < 4.78 is 0. The zero-order chi connectivity index (χ0) is 85.7. The fourth-order valence-corrected chi connectivity index (χ4v) is 15.1. The minimum Gasteiger partial charge on any atom is -0.850 e. The van der Waals surface area contributed by atoms with Gasteiger partial charge >= 0.3 is 0 Å². The van der Waals surface area contributed by atoms with Crippen LogP contribution >= 0.6 is 0 Å². The Bertz CT molecular complexity index is 5660. The van der Waals surface area contributed by atoms with Crippen LogP contribution in [-0.4, -0.2) is 54.0 Å². The summed E-state index contributed by atoms with van der Waals surface area (Å²) in [5, 5.41) is 98.5. The van der Waals surface area contributed by atoms with Gasteiger partial charge in [0.1, 0.15) is 40.2 Å². The highest BCUT2D eigenvalue weighted by molar-refractivity contribution is 5.85. The van der Waals surface area contributed by atoms with E-state index in [0.717, 1.165) is 45.5 Å². The Balaban J connectivity index is 0.000000130. The fourth-order valence-electron chi connectivity index (χ4n) is 15.1. The third kappa shape index (κ3) is 19.9. The van der Waals surface area contributed by atoms with Gasteiger partial charge in [0.25, 0.3) is 10.9 Å². The van der Waals surface area contributed by atoms with Crippen LogP contribution in [0.5, 0.6) is 40.2 Å². The van der Waals surface area contributed by atoms with E-state index in [0.29, 0.717) is 28.4 Å². The van der Waals surface area contributed by atoms with Gasteiger partial charge in [-0.1, -0.05) is 237 Å². The molecule has 1 saturated carbocycles. The fraction of sp³-hybridized carbons (Fsp3) is 0.0566. The molecular formula is C106H88N6O11-2. The van der Waals surface area contributed by atoms with Crippen molar-refractivity contribution in [2.24, 2.45) is 0 Å².